The van der Waals surface area contributed by atoms with Crippen LogP contribution in [-0.2, 0) is 5.88 Å². The third kappa shape index (κ3) is 2.04. The molecule has 0 saturated carbocycles. The standard InChI is InChI=1S/C12H10ClFN2/c1-8-5-6-15-12(16-8)11-9(7-13)3-2-4-10(11)14/h2-6H,7H2,1H3. The molecule has 1 aromatic carbocycles. The zero-order chi connectivity index (χ0) is 11.5. The summed E-state index contributed by atoms with van der Waals surface area (Å²) in [4.78, 5) is 8.27. The monoisotopic (exact) mass is 236 g/mol. The summed E-state index contributed by atoms with van der Waals surface area (Å²) in [5.41, 5.74) is 1.89. The number of halogens is 2. The molecule has 0 aliphatic heterocycles. The molecule has 0 N–H and O–H groups in total. The average Bonchev–Trinajstić information content (AvgIpc) is 2.28. The molecule has 0 atom stereocenters. The van der Waals surface area contributed by atoms with Crippen LogP contribution in [0.15, 0.2) is 30.5 Å². The summed E-state index contributed by atoms with van der Waals surface area (Å²) >= 11 is 5.77. The summed E-state index contributed by atoms with van der Waals surface area (Å²) in [5.74, 6) is 0.280. The number of benzene rings is 1. The Morgan fingerprint density at radius 1 is 1.31 bits per heavy atom. The van der Waals surface area contributed by atoms with E-state index < -0.39 is 0 Å². The summed E-state index contributed by atoms with van der Waals surface area (Å²) in [6, 6.07) is 6.56. The molecular formula is C12H10ClFN2. The van der Waals surface area contributed by atoms with Gasteiger partial charge in [-0.1, -0.05) is 12.1 Å². The number of hydrogen-bond donors (Lipinski definition) is 0. The first-order chi connectivity index (χ1) is 7.72. The predicted octanol–water partition coefficient (Wildman–Crippen LogP) is 3.33. The van der Waals surface area contributed by atoms with Gasteiger partial charge in [-0.15, -0.1) is 11.6 Å². The number of alkyl halides is 1. The van der Waals surface area contributed by atoms with Crippen molar-refractivity contribution in [3.63, 3.8) is 0 Å². The van der Waals surface area contributed by atoms with Crippen molar-refractivity contribution < 1.29 is 4.39 Å². The first-order valence-electron chi connectivity index (χ1n) is 4.85. The second-order valence-corrected chi connectivity index (χ2v) is 3.70. The molecule has 0 unspecified atom stereocenters. The number of aromatic nitrogens is 2. The second-order valence-electron chi connectivity index (χ2n) is 3.43. The minimum Gasteiger partial charge on any atom is -0.236 e. The molecule has 2 rings (SSSR count). The van der Waals surface area contributed by atoms with E-state index in [1.165, 1.54) is 6.07 Å². The molecule has 16 heavy (non-hydrogen) atoms. The van der Waals surface area contributed by atoms with E-state index in [4.69, 9.17) is 11.6 Å². The molecule has 0 saturated heterocycles. The fourth-order valence-corrected chi connectivity index (χ4v) is 1.72. The Hall–Kier alpha value is -1.48. The van der Waals surface area contributed by atoms with Gasteiger partial charge in [-0.2, -0.15) is 0 Å². The third-order valence-corrected chi connectivity index (χ3v) is 2.55. The van der Waals surface area contributed by atoms with Gasteiger partial charge >= 0.3 is 0 Å². The molecule has 1 aromatic heterocycles. The quantitative estimate of drug-likeness (QED) is 0.748. The summed E-state index contributed by atoms with van der Waals surface area (Å²) in [7, 11) is 0. The summed E-state index contributed by atoms with van der Waals surface area (Å²) < 4.78 is 13.7. The molecule has 2 aromatic rings. The van der Waals surface area contributed by atoms with Crippen molar-refractivity contribution in [3.8, 4) is 11.4 Å². The lowest BCUT2D eigenvalue weighted by molar-refractivity contribution is 0.628. The van der Waals surface area contributed by atoms with Gasteiger partial charge in [-0.05, 0) is 24.6 Å². The van der Waals surface area contributed by atoms with Crippen LogP contribution >= 0.6 is 11.6 Å². The van der Waals surface area contributed by atoms with Crippen LogP contribution in [-0.4, -0.2) is 9.97 Å². The molecule has 0 radical (unpaired) electrons. The van der Waals surface area contributed by atoms with Gasteiger partial charge in [-0.3, -0.25) is 0 Å². The fourth-order valence-electron chi connectivity index (χ4n) is 1.50. The minimum absolute atomic E-state index is 0.240. The van der Waals surface area contributed by atoms with Crippen LogP contribution in [0.25, 0.3) is 11.4 Å². The predicted molar refractivity (Wildman–Crippen MR) is 61.7 cm³/mol. The highest BCUT2D eigenvalue weighted by Gasteiger charge is 2.12. The lowest BCUT2D eigenvalue weighted by Gasteiger charge is -2.07. The van der Waals surface area contributed by atoms with E-state index >= 15 is 0 Å². The van der Waals surface area contributed by atoms with Crippen molar-refractivity contribution in [3.05, 3.63) is 47.5 Å². The van der Waals surface area contributed by atoms with E-state index in [1.807, 2.05) is 6.92 Å². The lowest BCUT2D eigenvalue weighted by Crippen LogP contribution is -1.97. The number of nitrogens with zero attached hydrogens (tertiary/aromatic N) is 2. The van der Waals surface area contributed by atoms with E-state index in [2.05, 4.69) is 9.97 Å². The van der Waals surface area contributed by atoms with Crippen molar-refractivity contribution in [2.75, 3.05) is 0 Å². The van der Waals surface area contributed by atoms with Crippen LogP contribution in [0.2, 0.25) is 0 Å². The van der Waals surface area contributed by atoms with Crippen LogP contribution in [0.4, 0.5) is 4.39 Å². The molecule has 1 heterocycles. The molecular weight excluding hydrogens is 227 g/mol. The fraction of sp³-hybridized carbons (Fsp3) is 0.167. The molecule has 2 nitrogen and oxygen atoms in total. The van der Waals surface area contributed by atoms with Crippen LogP contribution < -0.4 is 0 Å². The maximum Gasteiger partial charge on any atom is 0.162 e. The lowest BCUT2D eigenvalue weighted by atomic mass is 10.1. The van der Waals surface area contributed by atoms with Gasteiger partial charge in [0.25, 0.3) is 0 Å². The molecule has 0 bridgehead atoms. The van der Waals surface area contributed by atoms with E-state index in [0.717, 1.165) is 5.69 Å². The van der Waals surface area contributed by atoms with Crippen LogP contribution in [0.1, 0.15) is 11.3 Å². The van der Waals surface area contributed by atoms with E-state index in [1.54, 1.807) is 24.4 Å². The average molecular weight is 237 g/mol. The summed E-state index contributed by atoms with van der Waals surface area (Å²) in [5, 5.41) is 0. The maximum atomic E-state index is 13.7. The van der Waals surface area contributed by atoms with Gasteiger partial charge in [0.2, 0.25) is 0 Å². The zero-order valence-electron chi connectivity index (χ0n) is 8.74. The van der Waals surface area contributed by atoms with Crippen LogP contribution in [0.3, 0.4) is 0 Å². The van der Waals surface area contributed by atoms with Gasteiger partial charge in [0, 0.05) is 17.8 Å². The van der Waals surface area contributed by atoms with E-state index in [9.17, 15) is 4.39 Å². The SMILES string of the molecule is Cc1ccnc(-c2c(F)cccc2CCl)n1. The van der Waals surface area contributed by atoms with Crippen molar-refractivity contribution in [1.82, 2.24) is 9.97 Å². The Bertz CT molecular complexity index is 514. The number of aryl methyl sites for hydroxylation is 1. The third-order valence-electron chi connectivity index (χ3n) is 2.26. The van der Waals surface area contributed by atoms with Crippen LogP contribution in [0.5, 0.6) is 0 Å². The summed E-state index contributed by atoms with van der Waals surface area (Å²) in [6.45, 7) is 1.84. The highest BCUT2D eigenvalue weighted by atomic mass is 35.5. The first kappa shape index (κ1) is 11.0. The van der Waals surface area contributed by atoms with Gasteiger partial charge < -0.3 is 0 Å². The normalized spacial score (nSPS) is 10.4. The smallest absolute Gasteiger partial charge is 0.162 e. The Balaban J connectivity index is 2.63. The van der Waals surface area contributed by atoms with Gasteiger partial charge in [0.1, 0.15) is 5.82 Å². The molecule has 0 amide bonds. The van der Waals surface area contributed by atoms with Crippen molar-refractivity contribution >= 4 is 11.6 Å². The first-order valence-corrected chi connectivity index (χ1v) is 5.39. The Morgan fingerprint density at radius 3 is 2.81 bits per heavy atom. The topological polar surface area (TPSA) is 25.8 Å². The minimum atomic E-state index is -0.344. The van der Waals surface area contributed by atoms with Crippen LogP contribution in [0, 0.1) is 12.7 Å². The highest BCUT2D eigenvalue weighted by Crippen LogP contribution is 2.25. The Morgan fingerprint density at radius 2 is 2.12 bits per heavy atom. The molecule has 4 heteroatoms. The molecule has 0 aliphatic carbocycles. The summed E-state index contributed by atoms with van der Waals surface area (Å²) in [6.07, 6.45) is 1.61. The molecule has 0 aliphatic rings. The molecule has 0 spiro atoms. The second kappa shape index (κ2) is 4.58. The van der Waals surface area contributed by atoms with Gasteiger partial charge in [0.15, 0.2) is 5.82 Å². The van der Waals surface area contributed by atoms with Gasteiger partial charge in [0.05, 0.1) is 5.56 Å². The highest BCUT2D eigenvalue weighted by molar-refractivity contribution is 6.17. The number of hydrogen-bond acceptors (Lipinski definition) is 2. The number of rotatable bonds is 2. The van der Waals surface area contributed by atoms with Gasteiger partial charge in [-0.25, -0.2) is 14.4 Å². The Labute approximate surface area is 98.1 Å². The molecule has 82 valence electrons. The van der Waals surface area contributed by atoms with E-state index in [0.29, 0.717) is 17.0 Å². The van der Waals surface area contributed by atoms with Crippen molar-refractivity contribution in [2.45, 2.75) is 12.8 Å². The van der Waals surface area contributed by atoms with Crippen molar-refractivity contribution in [1.29, 1.82) is 0 Å². The van der Waals surface area contributed by atoms with Crippen molar-refractivity contribution in [2.24, 2.45) is 0 Å². The zero-order valence-corrected chi connectivity index (χ0v) is 9.50. The Kier molecular flexibility index (Phi) is 3.15. The largest absolute Gasteiger partial charge is 0.236 e. The molecule has 0 fully saturated rings. The van der Waals surface area contributed by atoms with E-state index in [-0.39, 0.29) is 11.7 Å². The maximum absolute atomic E-state index is 13.7.